The molecule has 0 spiro atoms. The molecule has 0 aliphatic heterocycles. The summed E-state index contributed by atoms with van der Waals surface area (Å²) in [6, 6.07) is 1.74. The van der Waals surface area contributed by atoms with Gasteiger partial charge in [0.1, 0.15) is 0 Å². The highest BCUT2D eigenvalue weighted by atomic mass is 16.5. The number of rotatable bonds is 8. The molecule has 0 aliphatic carbocycles. The lowest BCUT2D eigenvalue weighted by atomic mass is 10.1. The maximum atomic E-state index is 10.9. The summed E-state index contributed by atoms with van der Waals surface area (Å²) in [6.07, 6.45) is 9.29. The Morgan fingerprint density at radius 3 is 2.60 bits per heavy atom. The topological polar surface area (TPSA) is 50.1 Å². The van der Waals surface area contributed by atoms with E-state index < -0.39 is 5.97 Å². The molecule has 0 heterocycles. The molecule has 0 amide bonds. The van der Waals surface area contributed by atoms with E-state index in [1.165, 1.54) is 25.7 Å². The van der Waals surface area contributed by atoms with E-state index >= 15 is 0 Å². The standard InChI is InChI=1S/C12H19NO2/c1-2-3-4-5-6-7-11-15-12(14)9-8-10-13/h8-9H,2-7,11H2,1H3/b9-8+. The molecule has 0 fully saturated rings. The predicted molar refractivity (Wildman–Crippen MR) is 59.1 cm³/mol. The molecule has 0 aliphatic rings. The molecular formula is C12H19NO2. The van der Waals surface area contributed by atoms with Gasteiger partial charge in [0.2, 0.25) is 0 Å². The van der Waals surface area contributed by atoms with Crippen molar-refractivity contribution in [1.29, 1.82) is 5.26 Å². The van der Waals surface area contributed by atoms with Gasteiger partial charge in [-0.1, -0.05) is 39.0 Å². The number of carbonyl (C=O) groups excluding carboxylic acids is 1. The fraction of sp³-hybridized carbons (Fsp3) is 0.667. The maximum Gasteiger partial charge on any atom is 0.331 e. The van der Waals surface area contributed by atoms with Gasteiger partial charge in [-0.05, 0) is 6.42 Å². The van der Waals surface area contributed by atoms with Gasteiger partial charge < -0.3 is 4.74 Å². The Morgan fingerprint density at radius 2 is 1.93 bits per heavy atom. The van der Waals surface area contributed by atoms with Crippen molar-refractivity contribution in [2.75, 3.05) is 6.61 Å². The van der Waals surface area contributed by atoms with Crippen molar-refractivity contribution in [3.8, 4) is 6.07 Å². The van der Waals surface area contributed by atoms with Crippen LogP contribution in [0.3, 0.4) is 0 Å². The molecule has 0 aromatic carbocycles. The zero-order valence-electron chi connectivity index (χ0n) is 9.37. The summed E-state index contributed by atoms with van der Waals surface area (Å²) >= 11 is 0. The van der Waals surface area contributed by atoms with E-state index in [2.05, 4.69) is 6.92 Å². The molecule has 0 bridgehead atoms. The number of hydrogen-bond acceptors (Lipinski definition) is 3. The monoisotopic (exact) mass is 209 g/mol. The Balaban J connectivity index is 3.21. The van der Waals surface area contributed by atoms with Gasteiger partial charge in [-0.2, -0.15) is 5.26 Å². The van der Waals surface area contributed by atoms with Crippen molar-refractivity contribution in [2.45, 2.75) is 45.4 Å². The molecular weight excluding hydrogens is 190 g/mol. The van der Waals surface area contributed by atoms with Crippen LogP contribution in [-0.4, -0.2) is 12.6 Å². The number of ether oxygens (including phenoxy) is 1. The lowest BCUT2D eigenvalue weighted by Crippen LogP contribution is -2.01. The molecule has 0 saturated heterocycles. The average Bonchev–Trinajstić information content (AvgIpc) is 2.25. The van der Waals surface area contributed by atoms with Gasteiger partial charge in [-0.25, -0.2) is 4.79 Å². The minimum absolute atomic E-state index is 0.426. The second-order valence-electron chi connectivity index (χ2n) is 3.40. The largest absolute Gasteiger partial charge is 0.463 e. The van der Waals surface area contributed by atoms with Gasteiger partial charge in [0.05, 0.1) is 12.7 Å². The summed E-state index contributed by atoms with van der Waals surface area (Å²) < 4.78 is 4.87. The zero-order chi connectivity index (χ0) is 11.4. The van der Waals surface area contributed by atoms with Gasteiger partial charge in [0.25, 0.3) is 0 Å². The zero-order valence-corrected chi connectivity index (χ0v) is 9.37. The first kappa shape index (κ1) is 13.7. The van der Waals surface area contributed by atoms with Crippen LogP contribution in [0, 0.1) is 11.3 Å². The van der Waals surface area contributed by atoms with E-state index in [9.17, 15) is 4.79 Å². The van der Waals surface area contributed by atoms with Gasteiger partial charge in [-0.3, -0.25) is 0 Å². The average molecular weight is 209 g/mol. The van der Waals surface area contributed by atoms with E-state index in [1.807, 2.05) is 0 Å². The van der Waals surface area contributed by atoms with E-state index in [0.29, 0.717) is 6.61 Å². The lowest BCUT2D eigenvalue weighted by molar-refractivity contribution is -0.137. The van der Waals surface area contributed by atoms with Crippen molar-refractivity contribution in [1.82, 2.24) is 0 Å². The smallest absolute Gasteiger partial charge is 0.331 e. The van der Waals surface area contributed by atoms with Crippen molar-refractivity contribution in [3.05, 3.63) is 12.2 Å². The Bertz CT molecular complexity index is 228. The summed E-state index contributed by atoms with van der Waals surface area (Å²) in [7, 11) is 0. The number of esters is 1. The first-order valence-corrected chi connectivity index (χ1v) is 5.54. The van der Waals surface area contributed by atoms with Crippen LogP contribution in [0.5, 0.6) is 0 Å². The normalized spacial score (nSPS) is 10.1. The Labute approximate surface area is 91.7 Å². The highest BCUT2D eigenvalue weighted by Gasteiger charge is 1.95. The van der Waals surface area contributed by atoms with Crippen molar-refractivity contribution in [2.24, 2.45) is 0 Å². The van der Waals surface area contributed by atoms with E-state index in [0.717, 1.165) is 25.0 Å². The summed E-state index contributed by atoms with van der Waals surface area (Å²) in [5, 5.41) is 8.16. The SMILES string of the molecule is CCCCCCCCOC(=O)/C=C/C#N. The summed E-state index contributed by atoms with van der Waals surface area (Å²) in [5.74, 6) is -0.426. The quantitative estimate of drug-likeness (QED) is 0.267. The summed E-state index contributed by atoms with van der Waals surface area (Å²) in [6.45, 7) is 2.64. The third-order valence-electron chi connectivity index (χ3n) is 2.04. The van der Waals surface area contributed by atoms with Crippen molar-refractivity contribution in [3.63, 3.8) is 0 Å². The second kappa shape index (κ2) is 10.8. The van der Waals surface area contributed by atoms with Gasteiger partial charge in [0, 0.05) is 12.2 Å². The van der Waals surface area contributed by atoms with E-state index in [1.54, 1.807) is 6.07 Å². The van der Waals surface area contributed by atoms with Gasteiger partial charge in [-0.15, -0.1) is 0 Å². The number of nitriles is 1. The molecule has 15 heavy (non-hydrogen) atoms. The van der Waals surface area contributed by atoms with Crippen molar-refractivity contribution < 1.29 is 9.53 Å². The minimum Gasteiger partial charge on any atom is -0.463 e. The molecule has 0 unspecified atom stereocenters. The van der Waals surface area contributed by atoms with Gasteiger partial charge in [0.15, 0.2) is 0 Å². The van der Waals surface area contributed by atoms with Crippen LogP contribution in [-0.2, 0) is 9.53 Å². The minimum atomic E-state index is -0.426. The number of carbonyl (C=O) groups is 1. The second-order valence-corrected chi connectivity index (χ2v) is 3.40. The number of hydrogen-bond donors (Lipinski definition) is 0. The Hall–Kier alpha value is -1.30. The molecule has 0 aromatic rings. The third kappa shape index (κ3) is 10.6. The molecule has 3 nitrogen and oxygen atoms in total. The van der Waals surface area contributed by atoms with Gasteiger partial charge >= 0.3 is 5.97 Å². The predicted octanol–water partition coefficient (Wildman–Crippen LogP) is 2.97. The van der Waals surface area contributed by atoms with Crippen LogP contribution < -0.4 is 0 Å². The summed E-state index contributed by atoms with van der Waals surface area (Å²) in [4.78, 5) is 10.9. The number of nitrogens with zero attached hydrogens (tertiary/aromatic N) is 1. The maximum absolute atomic E-state index is 10.9. The Morgan fingerprint density at radius 1 is 1.27 bits per heavy atom. The number of unbranched alkanes of at least 4 members (excludes halogenated alkanes) is 5. The molecule has 3 heteroatoms. The fourth-order valence-corrected chi connectivity index (χ4v) is 1.21. The van der Waals surface area contributed by atoms with Crippen LogP contribution >= 0.6 is 0 Å². The van der Waals surface area contributed by atoms with Crippen LogP contribution in [0.4, 0.5) is 0 Å². The molecule has 0 radical (unpaired) electrons. The Kier molecular flexibility index (Phi) is 9.84. The van der Waals surface area contributed by atoms with Crippen LogP contribution in [0.1, 0.15) is 45.4 Å². The third-order valence-corrected chi connectivity index (χ3v) is 2.04. The van der Waals surface area contributed by atoms with Crippen LogP contribution in [0.2, 0.25) is 0 Å². The molecule has 0 saturated carbocycles. The fourth-order valence-electron chi connectivity index (χ4n) is 1.21. The first-order valence-electron chi connectivity index (χ1n) is 5.54. The number of allylic oxidation sites excluding steroid dienone is 1. The first-order chi connectivity index (χ1) is 7.31. The highest BCUT2D eigenvalue weighted by molar-refractivity contribution is 5.82. The van der Waals surface area contributed by atoms with Crippen LogP contribution in [0.25, 0.3) is 0 Å². The van der Waals surface area contributed by atoms with E-state index in [-0.39, 0.29) is 0 Å². The van der Waals surface area contributed by atoms with Crippen molar-refractivity contribution >= 4 is 5.97 Å². The summed E-state index contributed by atoms with van der Waals surface area (Å²) in [5.41, 5.74) is 0. The van der Waals surface area contributed by atoms with E-state index in [4.69, 9.17) is 10.00 Å². The molecule has 0 aromatic heterocycles. The highest BCUT2D eigenvalue weighted by Crippen LogP contribution is 2.04. The van der Waals surface area contributed by atoms with Crippen LogP contribution in [0.15, 0.2) is 12.2 Å². The molecule has 0 atom stereocenters. The molecule has 84 valence electrons. The molecule has 0 rings (SSSR count). The lowest BCUT2D eigenvalue weighted by Gasteiger charge is -2.01. The molecule has 0 N–H and O–H groups in total.